The molecule has 0 amide bonds. The summed E-state index contributed by atoms with van der Waals surface area (Å²) in [6.45, 7) is 14.1. The molecule has 3 heteroatoms. The van der Waals surface area contributed by atoms with Crippen LogP contribution in [0.2, 0.25) is 0 Å². The Morgan fingerprint density at radius 1 is 1.00 bits per heavy atom. The maximum atomic E-state index is 2.38. The highest BCUT2D eigenvalue weighted by atomic mass is 32.5. The zero-order valence-corrected chi connectivity index (χ0v) is 13.3. The van der Waals surface area contributed by atoms with Gasteiger partial charge in [-0.2, -0.15) is 0 Å². The van der Waals surface area contributed by atoms with Crippen molar-refractivity contribution in [2.75, 3.05) is 0 Å². The minimum absolute atomic E-state index is 0.408. The topological polar surface area (TPSA) is 0 Å². The van der Waals surface area contributed by atoms with Crippen molar-refractivity contribution in [3.8, 4) is 0 Å². The standard InChI is InChI=1S/C12H22P2S/c1-7-11(3,4)9-13-10(15-14-9)12(5,6)8-2/h7-8H2,1-6H3. The lowest BCUT2D eigenvalue weighted by atomic mass is 9.93. The molecule has 86 valence electrons. The molecule has 0 unspecified atom stereocenters. The summed E-state index contributed by atoms with van der Waals surface area (Å²) in [5, 5.41) is 1.70. The van der Waals surface area contributed by atoms with E-state index in [9.17, 15) is 0 Å². The maximum absolute atomic E-state index is 2.38. The van der Waals surface area contributed by atoms with E-state index in [4.69, 9.17) is 0 Å². The zero-order chi connectivity index (χ0) is 11.7. The average molecular weight is 260 g/mol. The SMILES string of the molecule is CCC(C)(C)c1psc(C(C)(C)CC)p1. The van der Waals surface area contributed by atoms with Gasteiger partial charge in [-0.05, 0) is 25.6 Å². The van der Waals surface area contributed by atoms with E-state index in [1.54, 1.807) is 9.64 Å². The van der Waals surface area contributed by atoms with Crippen molar-refractivity contribution >= 4 is 26.5 Å². The van der Waals surface area contributed by atoms with Crippen LogP contribution in [0.3, 0.4) is 0 Å². The van der Waals surface area contributed by atoms with Gasteiger partial charge in [0.2, 0.25) is 0 Å². The molecule has 15 heavy (non-hydrogen) atoms. The van der Waals surface area contributed by atoms with Gasteiger partial charge >= 0.3 is 0 Å². The summed E-state index contributed by atoms with van der Waals surface area (Å²) in [6, 6.07) is 0. The van der Waals surface area contributed by atoms with Gasteiger partial charge in [-0.1, -0.05) is 49.7 Å². The molecule has 1 rings (SSSR count). The Morgan fingerprint density at radius 3 is 2.00 bits per heavy atom. The highest BCUT2D eigenvalue weighted by Gasteiger charge is 2.26. The van der Waals surface area contributed by atoms with E-state index in [1.165, 1.54) is 28.4 Å². The minimum atomic E-state index is 0.408. The molecule has 0 aliphatic carbocycles. The van der Waals surface area contributed by atoms with Crippen LogP contribution in [-0.2, 0) is 10.8 Å². The fourth-order valence-corrected chi connectivity index (χ4v) is 7.74. The van der Waals surface area contributed by atoms with Crippen molar-refractivity contribution in [3.05, 3.63) is 9.64 Å². The molecule has 0 N–H and O–H groups in total. The Bertz CT molecular complexity index is 296. The van der Waals surface area contributed by atoms with E-state index in [0.717, 1.165) is 0 Å². The first-order chi connectivity index (χ1) is 6.83. The molecule has 0 atom stereocenters. The fraction of sp³-hybridized carbons (Fsp3) is 0.833. The fourth-order valence-electron chi connectivity index (χ4n) is 1.08. The molecule has 0 radical (unpaired) electrons. The van der Waals surface area contributed by atoms with E-state index in [1.807, 2.05) is 0 Å². The minimum Gasteiger partial charge on any atom is -0.111 e. The van der Waals surface area contributed by atoms with Gasteiger partial charge in [0.15, 0.2) is 0 Å². The van der Waals surface area contributed by atoms with Crippen LogP contribution in [0.4, 0.5) is 0 Å². The first kappa shape index (κ1) is 13.6. The molecular formula is C12H22P2S. The molecule has 1 aromatic heterocycles. The Hall–Kier alpha value is 0.560. The first-order valence-corrected chi connectivity index (χ1v) is 8.89. The van der Waals surface area contributed by atoms with Crippen LogP contribution >= 0.6 is 26.5 Å². The summed E-state index contributed by atoms with van der Waals surface area (Å²) in [6.07, 6.45) is 2.50. The van der Waals surface area contributed by atoms with E-state index in [2.05, 4.69) is 52.5 Å². The second kappa shape index (κ2) is 4.82. The van der Waals surface area contributed by atoms with Gasteiger partial charge in [-0.15, -0.1) is 10.9 Å². The molecule has 0 saturated heterocycles. The van der Waals surface area contributed by atoms with Crippen LogP contribution in [0, 0.1) is 0 Å². The third kappa shape index (κ3) is 3.02. The zero-order valence-electron chi connectivity index (χ0n) is 10.7. The largest absolute Gasteiger partial charge is 0.111 e. The number of rotatable bonds is 4. The van der Waals surface area contributed by atoms with Crippen LogP contribution in [0.1, 0.15) is 64.0 Å². The van der Waals surface area contributed by atoms with Gasteiger partial charge < -0.3 is 0 Å². The highest BCUT2D eigenvalue weighted by Crippen LogP contribution is 2.50. The molecule has 0 fully saturated rings. The molecule has 0 aliphatic rings. The van der Waals surface area contributed by atoms with E-state index < -0.39 is 0 Å². The van der Waals surface area contributed by atoms with E-state index >= 15 is 0 Å². The molecule has 1 heterocycles. The Labute approximate surface area is 101 Å². The van der Waals surface area contributed by atoms with Crippen LogP contribution in [-0.4, -0.2) is 0 Å². The van der Waals surface area contributed by atoms with Gasteiger partial charge in [0.1, 0.15) is 0 Å². The predicted molar refractivity (Wildman–Crippen MR) is 76.0 cm³/mol. The van der Waals surface area contributed by atoms with E-state index in [0.29, 0.717) is 10.8 Å². The number of hydrogen-bond donors (Lipinski definition) is 0. The van der Waals surface area contributed by atoms with Crippen LogP contribution < -0.4 is 0 Å². The van der Waals surface area contributed by atoms with Gasteiger partial charge in [0.25, 0.3) is 0 Å². The lowest BCUT2D eigenvalue weighted by Crippen LogP contribution is -2.13. The van der Waals surface area contributed by atoms with Gasteiger partial charge in [-0.3, -0.25) is 0 Å². The summed E-state index contributed by atoms with van der Waals surface area (Å²) in [4.78, 5) is 0. The second-order valence-electron chi connectivity index (χ2n) is 5.40. The van der Waals surface area contributed by atoms with Crippen molar-refractivity contribution in [1.82, 2.24) is 0 Å². The lowest BCUT2D eigenvalue weighted by molar-refractivity contribution is 0.521. The molecule has 0 spiro atoms. The molecule has 0 aromatic carbocycles. The van der Waals surface area contributed by atoms with Gasteiger partial charge in [0, 0.05) is 15.1 Å². The summed E-state index contributed by atoms with van der Waals surface area (Å²) < 4.78 is 1.67. The van der Waals surface area contributed by atoms with Crippen molar-refractivity contribution < 1.29 is 0 Å². The van der Waals surface area contributed by atoms with Gasteiger partial charge in [-0.25, -0.2) is 0 Å². The third-order valence-corrected chi connectivity index (χ3v) is 9.95. The molecular weight excluding hydrogens is 238 g/mol. The predicted octanol–water partition coefficient (Wildman–Crippen LogP) is 6.28. The van der Waals surface area contributed by atoms with Crippen LogP contribution in [0.25, 0.3) is 0 Å². The molecule has 1 aromatic rings. The second-order valence-corrected chi connectivity index (χ2v) is 9.49. The highest BCUT2D eigenvalue weighted by molar-refractivity contribution is 7.87. The normalized spacial score (nSPS) is 14.3. The van der Waals surface area contributed by atoms with Crippen molar-refractivity contribution in [2.45, 2.75) is 65.2 Å². The van der Waals surface area contributed by atoms with Crippen LogP contribution in [0.5, 0.6) is 0 Å². The Morgan fingerprint density at radius 2 is 1.53 bits per heavy atom. The Balaban J connectivity index is 3.00. The number of hydrogen-bond acceptors (Lipinski definition) is 1. The summed E-state index contributed by atoms with van der Waals surface area (Å²) in [7, 11) is 5.09. The lowest BCUT2D eigenvalue weighted by Gasteiger charge is -2.22. The Kier molecular flexibility index (Phi) is 4.38. The smallest absolute Gasteiger partial charge is 0.0426 e. The van der Waals surface area contributed by atoms with Gasteiger partial charge in [0.05, 0.1) is 0 Å². The average Bonchev–Trinajstić information content (AvgIpc) is 2.67. The molecule has 0 aliphatic heterocycles. The summed E-state index contributed by atoms with van der Waals surface area (Å²) in [5.41, 5.74) is 0.826. The molecule has 0 bridgehead atoms. The molecule has 0 nitrogen and oxygen atoms in total. The maximum Gasteiger partial charge on any atom is 0.0426 e. The third-order valence-electron chi connectivity index (χ3n) is 3.38. The summed E-state index contributed by atoms with van der Waals surface area (Å²) >= 11 is 0. The van der Waals surface area contributed by atoms with Crippen molar-refractivity contribution in [2.24, 2.45) is 0 Å². The first-order valence-electron chi connectivity index (χ1n) is 5.68. The van der Waals surface area contributed by atoms with Crippen molar-refractivity contribution in [3.63, 3.8) is 0 Å². The summed E-state index contributed by atoms with van der Waals surface area (Å²) in [5.74, 6) is 0. The van der Waals surface area contributed by atoms with Crippen molar-refractivity contribution in [1.29, 1.82) is 0 Å². The monoisotopic (exact) mass is 260 g/mol. The molecule has 0 saturated carbocycles. The van der Waals surface area contributed by atoms with E-state index in [-0.39, 0.29) is 0 Å². The van der Waals surface area contributed by atoms with Crippen LogP contribution in [0.15, 0.2) is 0 Å². The quantitative estimate of drug-likeness (QED) is 0.597.